The van der Waals surface area contributed by atoms with E-state index in [1.807, 2.05) is 6.92 Å². The van der Waals surface area contributed by atoms with Gasteiger partial charge in [0.1, 0.15) is 9.77 Å². The van der Waals surface area contributed by atoms with Crippen molar-refractivity contribution in [2.75, 3.05) is 19.6 Å². The molecule has 0 radical (unpaired) electrons. The van der Waals surface area contributed by atoms with Gasteiger partial charge in [0.15, 0.2) is 0 Å². The predicted molar refractivity (Wildman–Crippen MR) is 76.7 cm³/mol. The van der Waals surface area contributed by atoms with Gasteiger partial charge in [0.2, 0.25) is 10.0 Å². The molecule has 0 aromatic carbocycles. The van der Waals surface area contributed by atoms with Crippen LogP contribution in [0.25, 0.3) is 0 Å². The molecule has 1 aromatic heterocycles. The molecule has 2 rings (SSSR count). The molecule has 1 aromatic rings. The molecule has 112 valence electrons. The number of nitrogens with one attached hydrogen (secondary N) is 1. The second-order valence-corrected chi connectivity index (χ2v) is 7.37. The first-order valence-electron chi connectivity index (χ1n) is 6.49. The van der Waals surface area contributed by atoms with Crippen LogP contribution in [0.1, 0.15) is 29.4 Å². The van der Waals surface area contributed by atoms with Gasteiger partial charge in [0, 0.05) is 12.6 Å². The maximum absolute atomic E-state index is 12.3. The van der Waals surface area contributed by atoms with Crippen molar-refractivity contribution >= 4 is 27.3 Å². The first-order valence-corrected chi connectivity index (χ1v) is 8.85. The molecule has 1 atom stereocenters. The summed E-state index contributed by atoms with van der Waals surface area (Å²) in [4.78, 5) is 12.9. The Morgan fingerprint density at radius 3 is 3.00 bits per heavy atom. The highest BCUT2D eigenvalue weighted by atomic mass is 32.2. The number of nitrogens with zero attached hydrogens (tertiary/aromatic N) is 1. The summed E-state index contributed by atoms with van der Waals surface area (Å²) in [6.45, 7) is 4.57. The summed E-state index contributed by atoms with van der Waals surface area (Å²) in [5, 5.41) is 10.5. The summed E-state index contributed by atoms with van der Waals surface area (Å²) in [5.41, 5.74) is 0. The molecule has 0 saturated carbocycles. The van der Waals surface area contributed by atoms with Crippen LogP contribution in [0.3, 0.4) is 0 Å². The lowest BCUT2D eigenvalue weighted by atomic mass is 10.1. The standard InChI is InChI=1S/C12H18N2O4S2/c1-2-14-6-3-4-9(8-14)13-20(17,18)10-5-7-19-11(10)12(15)16/h5,7,9,13H,2-4,6,8H2,1H3,(H,15,16). The van der Waals surface area contributed by atoms with Gasteiger partial charge in [-0.2, -0.15) is 0 Å². The third-order valence-corrected chi connectivity index (χ3v) is 5.98. The number of likely N-dealkylation sites (N-methyl/N-ethyl adjacent to an activating group) is 1. The monoisotopic (exact) mass is 318 g/mol. The number of carboxylic acid groups (broad SMARTS) is 1. The Balaban J connectivity index is 2.15. The summed E-state index contributed by atoms with van der Waals surface area (Å²) in [6, 6.07) is 1.19. The molecule has 1 aliphatic heterocycles. The predicted octanol–water partition coefficient (Wildman–Crippen LogP) is 1.21. The van der Waals surface area contributed by atoms with Crippen LogP contribution in [0.4, 0.5) is 0 Å². The SMILES string of the molecule is CCN1CCCC(NS(=O)(=O)c2ccsc2C(=O)O)C1. The van der Waals surface area contributed by atoms with Gasteiger partial charge in [0.25, 0.3) is 0 Å². The molecular formula is C12H18N2O4S2. The number of hydrogen-bond acceptors (Lipinski definition) is 5. The number of rotatable bonds is 5. The zero-order valence-electron chi connectivity index (χ0n) is 11.2. The van der Waals surface area contributed by atoms with Crippen molar-refractivity contribution in [1.82, 2.24) is 9.62 Å². The quantitative estimate of drug-likeness (QED) is 0.852. The minimum absolute atomic E-state index is 0.136. The van der Waals surface area contributed by atoms with Crippen molar-refractivity contribution in [2.45, 2.75) is 30.7 Å². The average Bonchev–Trinajstić information content (AvgIpc) is 2.88. The van der Waals surface area contributed by atoms with E-state index >= 15 is 0 Å². The van der Waals surface area contributed by atoms with Gasteiger partial charge in [-0.3, -0.25) is 0 Å². The zero-order chi connectivity index (χ0) is 14.8. The fourth-order valence-corrected chi connectivity index (χ4v) is 4.91. The first-order chi connectivity index (χ1) is 9.44. The number of aromatic carboxylic acids is 1. The van der Waals surface area contributed by atoms with Crippen LogP contribution in [0.5, 0.6) is 0 Å². The molecule has 0 bridgehead atoms. The molecule has 0 amide bonds. The fraction of sp³-hybridized carbons (Fsp3) is 0.583. The molecule has 1 unspecified atom stereocenters. The van der Waals surface area contributed by atoms with Crippen LogP contribution in [0.2, 0.25) is 0 Å². The second kappa shape index (κ2) is 6.21. The molecule has 6 nitrogen and oxygen atoms in total. The van der Waals surface area contributed by atoms with Gasteiger partial charge in [-0.15, -0.1) is 11.3 Å². The number of likely N-dealkylation sites (tertiary alicyclic amines) is 1. The van der Waals surface area contributed by atoms with E-state index in [1.165, 1.54) is 11.4 Å². The minimum Gasteiger partial charge on any atom is -0.477 e. The maximum atomic E-state index is 12.3. The molecule has 2 heterocycles. The van der Waals surface area contributed by atoms with Crippen molar-refractivity contribution in [3.8, 4) is 0 Å². The van der Waals surface area contributed by atoms with E-state index in [0.29, 0.717) is 6.54 Å². The van der Waals surface area contributed by atoms with Gasteiger partial charge in [0.05, 0.1) is 0 Å². The summed E-state index contributed by atoms with van der Waals surface area (Å²) in [7, 11) is -3.77. The Morgan fingerprint density at radius 2 is 2.35 bits per heavy atom. The summed E-state index contributed by atoms with van der Waals surface area (Å²) in [5.74, 6) is -1.21. The molecule has 1 fully saturated rings. The van der Waals surface area contributed by atoms with Crippen LogP contribution in [0.15, 0.2) is 16.3 Å². The average molecular weight is 318 g/mol. The highest BCUT2D eigenvalue weighted by Gasteiger charge is 2.28. The molecule has 1 aliphatic rings. The lowest BCUT2D eigenvalue weighted by Gasteiger charge is -2.31. The third kappa shape index (κ3) is 3.38. The van der Waals surface area contributed by atoms with Crippen LogP contribution in [0, 0.1) is 0 Å². The van der Waals surface area contributed by atoms with Crippen molar-refractivity contribution in [3.05, 3.63) is 16.3 Å². The van der Waals surface area contributed by atoms with E-state index in [-0.39, 0.29) is 15.8 Å². The van der Waals surface area contributed by atoms with Gasteiger partial charge in [-0.05, 0) is 37.4 Å². The first kappa shape index (κ1) is 15.4. The lowest BCUT2D eigenvalue weighted by Crippen LogP contribution is -2.47. The highest BCUT2D eigenvalue weighted by molar-refractivity contribution is 7.89. The van der Waals surface area contributed by atoms with Crippen molar-refractivity contribution in [1.29, 1.82) is 0 Å². The lowest BCUT2D eigenvalue weighted by molar-refractivity contribution is 0.0698. The van der Waals surface area contributed by atoms with E-state index in [2.05, 4.69) is 9.62 Å². The Labute approximate surface area is 122 Å². The Hall–Kier alpha value is -0.960. The van der Waals surface area contributed by atoms with E-state index in [1.54, 1.807) is 0 Å². The van der Waals surface area contributed by atoms with Crippen LogP contribution >= 0.6 is 11.3 Å². The largest absolute Gasteiger partial charge is 0.477 e. The van der Waals surface area contributed by atoms with Crippen molar-refractivity contribution in [3.63, 3.8) is 0 Å². The second-order valence-electron chi connectivity index (χ2n) is 4.77. The fourth-order valence-electron chi connectivity index (χ4n) is 2.39. The summed E-state index contributed by atoms with van der Waals surface area (Å²) >= 11 is 0.922. The molecular weight excluding hydrogens is 300 g/mol. The Morgan fingerprint density at radius 1 is 1.60 bits per heavy atom. The molecule has 8 heteroatoms. The van der Waals surface area contributed by atoms with Gasteiger partial charge < -0.3 is 10.0 Å². The number of piperidine rings is 1. The highest BCUT2D eigenvalue weighted by Crippen LogP contribution is 2.23. The maximum Gasteiger partial charge on any atom is 0.347 e. The van der Waals surface area contributed by atoms with Gasteiger partial charge >= 0.3 is 5.97 Å². The Bertz CT molecular complexity index is 582. The van der Waals surface area contributed by atoms with E-state index < -0.39 is 16.0 Å². The zero-order valence-corrected chi connectivity index (χ0v) is 12.8. The number of thiophene rings is 1. The molecule has 2 N–H and O–H groups in total. The number of carbonyl (C=O) groups is 1. The van der Waals surface area contributed by atoms with E-state index in [4.69, 9.17) is 5.11 Å². The number of carboxylic acids is 1. The van der Waals surface area contributed by atoms with Crippen molar-refractivity contribution in [2.24, 2.45) is 0 Å². The molecule has 0 spiro atoms. The van der Waals surface area contributed by atoms with E-state index in [9.17, 15) is 13.2 Å². The molecule has 20 heavy (non-hydrogen) atoms. The normalized spacial score (nSPS) is 20.9. The van der Waals surface area contributed by atoms with Crippen LogP contribution in [-0.4, -0.2) is 50.1 Å². The Kier molecular flexibility index (Phi) is 4.79. The van der Waals surface area contributed by atoms with Crippen LogP contribution in [-0.2, 0) is 10.0 Å². The van der Waals surface area contributed by atoms with Gasteiger partial charge in [-0.1, -0.05) is 6.92 Å². The summed E-state index contributed by atoms with van der Waals surface area (Å²) < 4.78 is 27.2. The number of sulfonamides is 1. The van der Waals surface area contributed by atoms with Crippen molar-refractivity contribution < 1.29 is 18.3 Å². The summed E-state index contributed by atoms with van der Waals surface area (Å²) in [6.07, 6.45) is 1.72. The van der Waals surface area contributed by atoms with E-state index in [0.717, 1.165) is 37.3 Å². The van der Waals surface area contributed by atoms with Gasteiger partial charge in [-0.25, -0.2) is 17.9 Å². The van der Waals surface area contributed by atoms with Crippen LogP contribution < -0.4 is 4.72 Å². The topological polar surface area (TPSA) is 86.7 Å². The minimum atomic E-state index is -3.77. The number of hydrogen-bond donors (Lipinski definition) is 2. The third-order valence-electron chi connectivity index (χ3n) is 3.39. The molecule has 1 saturated heterocycles. The smallest absolute Gasteiger partial charge is 0.347 e. The molecule has 0 aliphatic carbocycles.